The van der Waals surface area contributed by atoms with Crippen LogP contribution in [0.4, 0.5) is 17.1 Å². The molecule has 0 spiro atoms. The van der Waals surface area contributed by atoms with E-state index < -0.39 is 0 Å². The van der Waals surface area contributed by atoms with Crippen molar-refractivity contribution in [3.8, 4) is 11.1 Å². The molecule has 0 saturated heterocycles. The summed E-state index contributed by atoms with van der Waals surface area (Å²) in [5.41, 5.74) is 5.80. The molecule has 0 amide bonds. The lowest BCUT2D eigenvalue weighted by Gasteiger charge is -2.27. The Bertz CT molecular complexity index is 2550. The zero-order valence-corrected chi connectivity index (χ0v) is 24.7. The van der Waals surface area contributed by atoms with Crippen LogP contribution >= 0.6 is 0 Å². The van der Waals surface area contributed by atoms with Crippen molar-refractivity contribution in [2.75, 3.05) is 4.90 Å². The van der Waals surface area contributed by atoms with Crippen molar-refractivity contribution in [1.29, 1.82) is 0 Å². The van der Waals surface area contributed by atoms with Gasteiger partial charge in [-0.25, -0.2) is 0 Å². The first-order valence-corrected chi connectivity index (χ1v) is 15.5. The normalized spacial score (nSPS) is 11.6. The van der Waals surface area contributed by atoms with Crippen molar-refractivity contribution >= 4 is 70.9 Å². The summed E-state index contributed by atoms with van der Waals surface area (Å²) in [6.07, 6.45) is 0. The van der Waals surface area contributed by atoms with E-state index in [1.807, 2.05) is 0 Å². The molecule has 0 radical (unpaired) electrons. The van der Waals surface area contributed by atoms with Crippen LogP contribution in [0.3, 0.4) is 0 Å². The molecule has 45 heavy (non-hydrogen) atoms. The van der Waals surface area contributed by atoms with E-state index in [1.165, 1.54) is 65.0 Å². The van der Waals surface area contributed by atoms with E-state index in [9.17, 15) is 0 Å². The van der Waals surface area contributed by atoms with Crippen LogP contribution in [-0.4, -0.2) is 0 Å². The molecular weight excluding hydrogens is 542 g/mol. The van der Waals surface area contributed by atoms with Gasteiger partial charge in [-0.3, -0.25) is 0 Å². The molecule has 0 atom stereocenters. The Morgan fingerprint density at radius 1 is 0.244 bits per heavy atom. The summed E-state index contributed by atoms with van der Waals surface area (Å²) in [5.74, 6) is 0. The van der Waals surface area contributed by atoms with Crippen molar-refractivity contribution in [2.45, 2.75) is 0 Å². The number of rotatable bonds is 4. The molecule has 0 heterocycles. The van der Waals surface area contributed by atoms with Crippen LogP contribution in [0.5, 0.6) is 0 Å². The van der Waals surface area contributed by atoms with Gasteiger partial charge in [0.25, 0.3) is 0 Å². The summed E-state index contributed by atoms with van der Waals surface area (Å²) in [6.45, 7) is 0. The van der Waals surface area contributed by atoms with E-state index in [1.54, 1.807) is 0 Å². The van der Waals surface area contributed by atoms with Gasteiger partial charge in [-0.15, -0.1) is 0 Å². The van der Waals surface area contributed by atoms with Crippen LogP contribution < -0.4 is 4.90 Å². The average molecular weight is 572 g/mol. The molecule has 210 valence electrons. The highest BCUT2D eigenvalue weighted by molar-refractivity contribution is 6.18. The number of benzene rings is 9. The van der Waals surface area contributed by atoms with Gasteiger partial charge >= 0.3 is 0 Å². The maximum Gasteiger partial charge on any atom is 0.0468 e. The Kier molecular flexibility index (Phi) is 5.89. The van der Waals surface area contributed by atoms with Crippen molar-refractivity contribution in [3.63, 3.8) is 0 Å². The lowest BCUT2D eigenvalue weighted by atomic mass is 9.96. The SMILES string of the molecule is c1ccc(-c2cccc(N(c3ccc4c(ccc5ccccc54)c3)c3ccc4ccc5c6ccccc6ccc5c4c3)c2)cc1. The minimum Gasteiger partial charge on any atom is -0.310 e. The Balaban J connectivity index is 1.28. The highest BCUT2D eigenvalue weighted by Gasteiger charge is 2.16. The third-order valence-corrected chi connectivity index (χ3v) is 9.18. The molecule has 0 fully saturated rings. The van der Waals surface area contributed by atoms with Crippen LogP contribution in [0.25, 0.3) is 65.0 Å². The largest absolute Gasteiger partial charge is 0.310 e. The molecule has 0 aliphatic rings. The quantitative estimate of drug-likeness (QED) is 0.190. The summed E-state index contributed by atoms with van der Waals surface area (Å²) >= 11 is 0. The lowest BCUT2D eigenvalue weighted by Crippen LogP contribution is -2.10. The second kappa shape index (κ2) is 10.4. The van der Waals surface area contributed by atoms with Gasteiger partial charge in [-0.1, -0.05) is 140 Å². The minimum absolute atomic E-state index is 1.13. The van der Waals surface area contributed by atoms with Crippen LogP contribution in [0.2, 0.25) is 0 Å². The lowest BCUT2D eigenvalue weighted by molar-refractivity contribution is 1.29. The van der Waals surface area contributed by atoms with Crippen LogP contribution in [-0.2, 0) is 0 Å². The minimum atomic E-state index is 1.13. The molecule has 0 saturated carbocycles. The Labute approximate surface area is 262 Å². The molecule has 0 aromatic heterocycles. The van der Waals surface area contributed by atoms with Gasteiger partial charge in [0.1, 0.15) is 0 Å². The number of anilines is 3. The molecule has 0 N–H and O–H groups in total. The Morgan fingerprint density at radius 2 is 0.733 bits per heavy atom. The molecular formula is C44H29N. The zero-order valence-electron chi connectivity index (χ0n) is 24.7. The van der Waals surface area contributed by atoms with E-state index in [0.717, 1.165) is 17.1 Å². The Hall–Kier alpha value is -5.92. The van der Waals surface area contributed by atoms with E-state index in [2.05, 4.69) is 181 Å². The van der Waals surface area contributed by atoms with Gasteiger partial charge in [0, 0.05) is 17.1 Å². The standard InChI is InChI=1S/C44H29N/c1-2-9-30(10-3-1)34-13-8-14-36(27-34)45(37-23-26-41-35(28-37)18-17-31-11-4-6-15-39(31)41)38-22-19-33-21-24-42-40-16-7-5-12-32(40)20-25-43(42)44(33)29-38/h1-29H. The molecule has 0 bridgehead atoms. The van der Waals surface area contributed by atoms with Gasteiger partial charge in [-0.05, 0) is 101 Å². The second-order valence-corrected chi connectivity index (χ2v) is 11.8. The molecule has 0 aliphatic heterocycles. The highest BCUT2D eigenvalue weighted by atomic mass is 15.1. The summed E-state index contributed by atoms with van der Waals surface area (Å²) in [6, 6.07) is 64.1. The van der Waals surface area contributed by atoms with Crippen molar-refractivity contribution in [3.05, 3.63) is 176 Å². The maximum atomic E-state index is 2.40. The van der Waals surface area contributed by atoms with Gasteiger partial charge in [0.05, 0.1) is 0 Å². The number of nitrogens with zero attached hydrogens (tertiary/aromatic N) is 1. The average Bonchev–Trinajstić information content (AvgIpc) is 3.12. The van der Waals surface area contributed by atoms with Gasteiger partial charge < -0.3 is 4.90 Å². The summed E-state index contributed by atoms with van der Waals surface area (Å²) in [4.78, 5) is 2.40. The van der Waals surface area contributed by atoms with E-state index in [0.29, 0.717) is 0 Å². The maximum absolute atomic E-state index is 2.40. The van der Waals surface area contributed by atoms with Gasteiger partial charge in [0.2, 0.25) is 0 Å². The molecule has 0 aliphatic carbocycles. The van der Waals surface area contributed by atoms with E-state index >= 15 is 0 Å². The van der Waals surface area contributed by atoms with Crippen molar-refractivity contribution in [1.82, 2.24) is 0 Å². The fourth-order valence-electron chi connectivity index (χ4n) is 6.99. The van der Waals surface area contributed by atoms with Crippen LogP contribution in [0.15, 0.2) is 176 Å². The first-order valence-electron chi connectivity index (χ1n) is 15.5. The third-order valence-electron chi connectivity index (χ3n) is 9.18. The second-order valence-electron chi connectivity index (χ2n) is 11.8. The third kappa shape index (κ3) is 4.32. The molecule has 9 aromatic carbocycles. The molecule has 1 nitrogen and oxygen atoms in total. The summed E-state index contributed by atoms with van der Waals surface area (Å²) in [7, 11) is 0. The highest BCUT2D eigenvalue weighted by Crippen LogP contribution is 2.41. The summed E-state index contributed by atoms with van der Waals surface area (Å²) in [5, 5.41) is 12.7. The molecule has 1 heteroatoms. The molecule has 9 aromatic rings. The summed E-state index contributed by atoms with van der Waals surface area (Å²) < 4.78 is 0. The number of fused-ring (bicyclic) bond motifs is 8. The molecule has 9 rings (SSSR count). The number of hydrogen-bond donors (Lipinski definition) is 0. The first kappa shape index (κ1) is 25.6. The van der Waals surface area contributed by atoms with Crippen LogP contribution in [0.1, 0.15) is 0 Å². The monoisotopic (exact) mass is 571 g/mol. The Morgan fingerprint density at radius 3 is 1.53 bits per heavy atom. The smallest absolute Gasteiger partial charge is 0.0468 e. The molecule has 0 unspecified atom stereocenters. The van der Waals surface area contributed by atoms with Crippen LogP contribution in [0, 0.1) is 0 Å². The topological polar surface area (TPSA) is 3.24 Å². The first-order chi connectivity index (χ1) is 22.3. The van der Waals surface area contributed by atoms with Gasteiger partial charge in [-0.2, -0.15) is 0 Å². The van der Waals surface area contributed by atoms with Crippen molar-refractivity contribution < 1.29 is 0 Å². The fourth-order valence-corrected chi connectivity index (χ4v) is 6.99. The van der Waals surface area contributed by atoms with E-state index in [4.69, 9.17) is 0 Å². The van der Waals surface area contributed by atoms with E-state index in [-0.39, 0.29) is 0 Å². The predicted molar refractivity (Wildman–Crippen MR) is 194 cm³/mol. The van der Waals surface area contributed by atoms with Gasteiger partial charge in [0.15, 0.2) is 0 Å². The zero-order chi connectivity index (χ0) is 29.7. The number of hydrogen-bond acceptors (Lipinski definition) is 1. The fraction of sp³-hybridized carbons (Fsp3) is 0. The van der Waals surface area contributed by atoms with Crippen molar-refractivity contribution in [2.24, 2.45) is 0 Å². The predicted octanol–water partition coefficient (Wildman–Crippen LogP) is 12.6.